The molecule has 4 aromatic heterocycles. The van der Waals surface area contributed by atoms with E-state index in [4.69, 9.17) is 0 Å². The molecule has 4 heterocycles. The maximum Gasteiger partial charge on any atom is 0.253 e. The number of aryl methyl sites for hydroxylation is 1. The molecule has 0 saturated heterocycles. The molecule has 1 amide bonds. The van der Waals surface area contributed by atoms with Gasteiger partial charge < -0.3 is 5.32 Å². The van der Waals surface area contributed by atoms with Gasteiger partial charge in [-0.3, -0.25) is 14.5 Å². The normalized spacial score (nSPS) is 11.3. The van der Waals surface area contributed by atoms with Crippen molar-refractivity contribution in [1.29, 1.82) is 0 Å². The lowest BCUT2D eigenvalue weighted by Gasteiger charge is -2.07. The molecule has 182 valence electrons. The fraction of sp³-hybridized carbons (Fsp3) is 0.111. The third-order valence-corrected chi connectivity index (χ3v) is 6.21. The molecule has 0 aliphatic rings. The van der Waals surface area contributed by atoms with Crippen molar-refractivity contribution < 1.29 is 9.18 Å². The number of pyridine rings is 1. The van der Waals surface area contributed by atoms with Crippen molar-refractivity contribution in [3.05, 3.63) is 96.1 Å². The van der Waals surface area contributed by atoms with Gasteiger partial charge in [-0.15, -0.1) is 0 Å². The monoisotopic (exact) mass is 492 g/mol. The average Bonchev–Trinajstić information content (AvgIpc) is 3.53. The maximum atomic E-state index is 14.5. The number of carbonyl (C=O) groups excluding carboxylic acids is 1. The molecule has 0 bridgehead atoms. The molecule has 37 heavy (non-hydrogen) atoms. The second-order valence-electron chi connectivity index (χ2n) is 8.71. The lowest BCUT2D eigenvalue weighted by atomic mass is 10.0. The number of benzene rings is 2. The van der Waals surface area contributed by atoms with Gasteiger partial charge in [-0.25, -0.2) is 18.9 Å². The summed E-state index contributed by atoms with van der Waals surface area (Å²) in [5.41, 5.74) is 5.76. The Bertz CT molecular complexity index is 1810. The Labute approximate surface area is 210 Å². The van der Waals surface area contributed by atoms with Gasteiger partial charge in [0.25, 0.3) is 11.7 Å². The molecule has 0 aliphatic heterocycles. The fourth-order valence-corrected chi connectivity index (χ4v) is 4.29. The molecule has 6 rings (SSSR count). The molecular formula is C27H21FN8O. The molecule has 0 spiro atoms. The summed E-state index contributed by atoms with van der Waals surface area (Å²) in [5, 5.41) is 12.4. The minimum atomic E-state index is -0.625. The van der Waals surface area contributed by atoms with Crippen LogP contribution in [0.4, 0.5) is 4.39 Å². The number of aromatic nitrogens is 7. The Hall–Kier alpha value is -4.99. The Balaban J connectivity index is 1.33. The van der Waals surface area contributed by atoms with E-state index in [2.05, 4.69) is 42.6 Å². The number of hydrogen-bond donors (Lipinski definition) is 1. The van der Waals surface area contributed by atoms with Crippen molar-refractivity contribution in [3.8, 4) is 22.4 Å². The highest BCUT2D eigenvalue weighted by atomic mass is 19.1. The van der Waals surface area contributed by atoms with Crippen LogP contribution in [0.2, 0.25) is 0 Å². The number of hydrogen-bond acceptors (Lipinski definition) is 6. The quantitative estimate of drug-likeness (QED) is 0.392. The third kappa shape index (κ3) is 4.18. The second-order valence-corrected chi connectivity index (χ2v) is 8.71. The molecule has 0 aliphatic carbocycles. The summed E-state index contributed by atoms with van der Waals surface area (Å²) >= 11 is 0. The smallest absolute Gasteiger partial charge is 0.253 e. The van der Waals surface area contributed by atoms with Gasteiger partial charge in [-0.05, 0) is 35.9 Å². The highest BCUT2D eigenvalue weighted by Crippen LogP contribution is 2.25. The van der Waals surface area contributed by atoms with Gasteiger partial charge in [-0.2, -0.15) is 10.2 Å². The molecule has 9 nitrogen and oxygen atoms in total. The van der Waals surface area contributed by atoms with Crippen LogP contribution >= 0.6 is 0 Å². The van der Waals surface area contributed by atoms with Gasteiger partial charge in [0.2, 0.25) is 0 Å². The largest absolute Gasteiger partial charge is 0.355 e. The van der Waals surface area contributed by atoms with Crippen molar-refractivity contribution in [3.63, 3.8) is 0 Å². The van der Waals surface area contributed by atoms with Crippen LogP contribution in [0.3, 0.4) is 0 Å². The van der Waals surface area contributed by atoms with Crippen molar-refractivity contribution in [2.24, 2.45) is 7.05 Å². The summed E-state index contributed by atoms with van der Waals surface area (Å²) < 4.78 is 17.9. The fourth-order valence-electron chi connectivity index (χ4n) is 4.29. The summed E-state index contributed by atoms with van der Waals surface area (Å²) in [7, 11) is 3.35. The van der Waals surface area contributed by atoms with Crippen LogP contribution in [0.25, 0.3) is 39.1 Å². The van der Waals surface area contributed by atoms with Gasteiger partial charge in [0.15, 0.2) is 0 Å². The molecule has 2 aromatic carbocycles. The number of rotatable bonds is 5. The first kappa shape index (κ1) is 22.5. The molecular weight excluding hydrogens is 471 g/mol. The summed E-state index contributed by atoms with van der Waals surface area (Å²) in [6.07, 6.45) is 9.48. The molecule has 0 fully saturated rings. The third-order valence-electron chi connectivity index (χ3n) is 6.21. The van der Waals surface area contributed by atoms with E-state index >= 15 is 0 Å². The predicted molar refractivity (Wildman–Crippen MR) is 136 cm³/mol. The topological polar surface area (TPSA) is 103 Å². The number of imidazole rings is 1. The minimum Gasteiger partial charge on any atom is -0.355 e. The summed E-state index contributed by atoms with van der Waals surface area (Å²) in [6, 6.07) is 12.6. The first-order chi connectivity index (χ1) is 18.0. The van der Waals surface area contributed by atoms with Crippen LogP contribution in [-0.2, 0) is 13.5 Å². The Morgan fingerprint density at radius 2 is 1.81 bits per heavy atom. The van der Waals surface area contributed by atoms with E-state index in [-0.39, 0.29) is 5.56 Å². The van der Waals surface area contributed by atoms with E-state index in [0.717, 1.165) is 33.3 Å². The van der Waals surface area contributed by atoms with Gasteiger partial charge in [0.1, 0.15) is 11.5 Å². The maximum absolute atomic E-state index is 14.5. The summed E-state index contributed by atoms with van der Waals surface area (Å²) in [5.74, 6) is -0.664. The standard InChI is InChI=1S/C27H21FN8O/c1-29-26(37)22-5-4-17(10-23(22)28)25-14-32-27-31-13-21(36(27)34-25)8-16-3-6-24-18(7-16)9-19(11-30-24)20-12-33-35(2)15-20/h3-7,9-15H,8H2,1-2H3,(H,29,37). The SMILES string of the molecule is CNC(=O)c1ccc(-c2cnc3ncc(Cc4ccc5ncc(-c6cnn(C)c6)cc5c4)n3n2)cc1F. The zero-order chi connectivity index (χ0) is 25.5. The van der Waals surface area contributed by atoms with Crippen molar-refractivity contribution in [2.75, 3.05) is 7.05 Å². The number of amides is 1. The first-order valence-corrected chi connectivity index (χ1v) is 11.6. The molecule has 0 radical (unpaired) electrons. The van der Waals surface area contributed by atoms with E-state index in [9.17, 15) is 9.18 Å². The molecule has 10 heteroatoms. The van der Waals surface area contributed by atoms with Crippen LogP contribution in [0.5, 0.6) is 0 Å². The lowest BCUT2D eigenvalue weighted by molar-refractivity contribution is 0.0959. The van der Waals surface area contributed by atoms with Crippen LogP contribution in [0.1, 0.15) is 21.6 Å². The Morgan fingerprint density at radius 1 is 0.946 bits per heavy atom. The van der Waals surface area contributed by atoms with Gasteiger partial charge >= 0.3 is 0 Å². The van der Waals surface area contributed by atoms with Crippen LogP contribution in [0, 0.1) is 5.82 Å². The highest BCUT2D eigenvalue weighted by molar-refractivity contribution is 5.94. The highest BCUT2D eigenvalue weighted by Gasteiger charge is 2.14. The minimum absolute atomic E-state index is 0.0268. The first-order valence-electron chi connectivity index (χ1n) is 11.6. The zero-order valence-electron chi connectivity index (χ0n) is 20.1. The number of fused-ring (bicyclic) bond motifs is 2. The van der Waals surface area contributed by atoms with Crippen molar-refractivity contribution in [1.82, 2.24) is 39.7 Å². The Morgan fingerprint density at radius 3 is 2.59 bits per heavy atom. The number of halogens is 1. The van der Waals surface area contributed by atoms with Gasteiger partial charge in [-0.1, -0.05) is 12.1 Å². The molecule has 0 unspecified atom stereocenters. The van der Waals surface area contributed by atoms with Crippen LogP contribution in [0.15, 0.2) is 73.4 Å². The molecule has 0 saturated carbocycles. The van der Waals surface area contributed by atoms with E-state index in [1.165, 1.54) is 19.2 Å². The Kier molecular flexibility index (Phi) is 5.41. The van der Waals surface area contributed by atoms with Crippen molar-refractivity contribution >= 4 is 22.6 Å². The molecule has 6 aromatic rings. The number of carbonyl (C=O) groups is 1. The van der Waals surface area contributed by atoms with E-state index in [1.54, 1.807) is 27.7 Å². The second kappa shape index (κ2) is 8.90. The molecule has 1 N–H and O–H groups in total. The van der Waals surface area contributed by atoms with Crippen LogP contribution < -0.4 is 5.32 Å². The predicted octanol–water partition coefficient (Wildman–Crippen LogP) is 3.83. The number of nitrogens with one attached hydrogen (secondary N) is 1. The summed E-state index contributed by atoms with van der Waals surface area (Å²) in [6.45, 7) is 0. The van der Waals surface area contributed by atoms with Gasteiger partial charge in [0, 0.05) is 55.0 Å². The van der Waals surface area contributed by atoms with Crippen LogP contribution in [-0.4, -0.2) is 47.3 Å². The molecule has 0 atom stereocenters. The number of nitrogens with zero attached hydrogens (tertiary/aromatic N) is 7. The van der Waals surface area contributed by atoms with Gasteiger partial charge in [0.05, 0.1) is 35.4 Å². The zero-order valence-corrected chi connectivity index (χ0v) is 20.1. The average molecular weight is 493 g/mol. The van der Waals surface area contributed by atoms with E-state index in [1.807, 2.05) is 37.8 Å². The summed E-state index contributed by atoms with van der Waals surface area (Å²) in [4.78, 5) is 25.2. The lowest BCUT2D eigenvalue weighted by Crippen LogP contribution is -2.19. The van der Waals surface area contributed by atoms with Crippen molar-refractivity contribution in [2.45, 2.75) is 6.42 Å². The van der Waals surface area contributed by atoms with E-state index < -0.39 is 11.7 Å². The van der Waals surface area contributed by atoms with E-state index in [0.29, 0.717) is 23.5 Å².